The van der Waals surface area contributed by atoms with E-state index in [1.54, 1.807) is 6.21 Å². The Morgan fingerprint density at radius 1 is 0.862 bits per heavy atom. The smallest absolute Gasteiger partial charge is 0.141 e. The number of para-hydroxylation sites is 1. The third kappa shape index (κ3) is 5.69. The molecular weight excluding hydrogens is 360 g/mol. The second-order valence-corrected chi connectivity index (χ2v) is 7.28. The lowest BCUT2D eigenvalue weighted by Crippen LogP contribution is -2.22. The van der Waals surface area contributed by atoms with Gasteiger partial charge in [-0.15, -0.1) is 0 Å². The normalized spacial score (nSPS) is 16.9. The highest BCUT2D eigenvalue weighted by atomic mass is 16.6. The zero-order valence-electron chi connectivity index (χ0n) is 16.5. The van der Waals surface area contributed by atoms with Crippen LogP contribution in [0.15, 0.2) is 90.1 Å². The van der Waals surface area contributed by atoms with Crippen LogP contribution in [0.5, 0.6) is 5.75 Å². The molecule has 0 bridgehead atoms. The molecule has 4 rings (SSSR count). The molecule has 0 N–H and O–H groups in total. The molecule has 0 saturated carbocycles. The van der Waals surface area contributed by atoms with Gasteiger partial charge in [-0.2, -0.15) is 0 Å². The topological polar surface area (TPSA) is 34.1 Å². The fraction of sp³-hybridized carbons (Fsp3) is 0.240. The average molecular weight is 386 g/mol. The predicted octanol–water partition coefficient (Wildman–Crippen LogP) is 4.89. The Bertz CT molecular complexity index is 912. The van der Waals surface area contributed by atoms with Crippen molar-refractivity contribution in [2.24, 2.45) is 5.16 Å². The van der Waals surface area contributed by atoms with Gasteiger partial charge in [0.05, 0.1) is 6.21 Å². The Balaban J connectivity index is 1.28. The van der Waals surface area contributed by atoms with Crippen LogP contribution < -0.4 is 4.74 Å². The highest BCUT2D eigenvalue weighted by Crippen LogP contribution is 2.19. The fourth-order valence-electron chi connectivity index (χ4n) is 3.50. The molecule has 0 amide bonds. The number of nitrogens with zero attached hydrogens (tertiary/aromatic N) is 2. The SMILES string of the molecule is C(=N\OC1CCN(Cc2ccccc2)C1)/c1ccccc1OCc1ccccc1. The molecule has 4 heteroatoms. The predicted molar refractivity (Wildman–Crippen MR) is 116 cm³/mol. The summed E-state index contributed by atoms with van der Waals surface area (Å²) in [7, 11) is 0. The molecular formula is C25H26N2O2. The monoisotopic (exact) mass is 386 g/mol. The maximum absolute atomic E-state index is 5.97. The van der Waals surface area contributed by atoms with Gasteiger partial charge >= 0.3 is 0 Å². The van der Waals surface area contributed by atoms with Gasteiger partial charge in [-0.3, -0.25) is 4.90 Å². The molecule has 0 radical (unpaired) electrons. The zero-order valence-corrected chi connectivity index (χ0v) is 16.5. The molecule has 3 aromatic carbocycles. The van der Waals surface area contributed by atoms with Crippen molar-refractivity contribution in [3.8, 4) is 5.75 Å². The number of oxime groups is 1. The summed E-state index contributed by atoms with van der Waals surface area (Å²) in [5.41, 5.74) is 3.39. The van der Waals surface area contributed by atoms with Crippen LogP contribution in [-0.4, -0.2) is 30.3 Å². The van der Waals surface area contributed by atoms with Crippen LogP contribution in [0.2, 0.25) is 0 Å². The van der Waals surface area contributed by atoms with Crippen molar-refractivity contribution in [3.05, 3.63) is 102 Å². The minimum Gasteiger partial charge on any atom is -0.488 e. The second-order valence-electron chi connectivity index (χ2n) is 7.28. The highest BCUT2D eigenvalue weighted by molar-refractivity contribution is 5.83. The van der Waals surface area contributed by atoms with Crippen molar-refractivity contribution in [3.63, 3.8) is 0 Å². The average Bonchev–Trinajstić information content (AvgIpc) is 3.21. The van der Waals surface area contributed by atoms with Crippen LogP contribution in [0.25, 0.3) is 0 Å². The molecule has 29 heavy (non-hydrogen) atoms. The van der Waals surface area contributed by atoms with Crippen molar-refractivity contribution in [2.45, 2.75) is 25.7 Å². The van der Waals surface area contributed by atoms with E-state index in [1.807, 2.05) is 42.5 Å². The Labute approximate surface area is 172 Å². The van der Waals surface area contributed by atoms with E-state index in [1.165, 1.54) is 5.56 Å². The molecule has 1 aliphatic heterocycles. The van der Waals surface area contributed by atoms with E-state index in [-0.39, 0.29) is 6.10 Å². The number of benzene rings is 3. The van der Waals surface area contributed by atoms with Crippen LogP contribution in [-0.2, 0) is 18.0 Å². The summed E-state index contributed by atoms with van der Waals surface area (Å²) in [6.07, 6.45) is 2.88. The summed E-state index contributed by atoms with van der Waals surface area (Å²) >= 11 is 0. The molecule has 1 saturated heterocycles. The molecule has 148 valence electrons. The van der Waals surface area contributed by atoms with E-state index in [0.29, 0.717) is 6.61 Å². The fourth-order valence-corrected chi connectivity index (χ4v) is 3.50. The van der Waals surface area contributed by atoms with Gasteiger partial charge in [-0.25, -0.2) is 0 Å². The first-order valence-corrected chi connectivity index (χ1v) is 10.1. The molecule has 1 aliphatic rings. The molecule has 0 spiro atoms. The largest absolute Gasteiger partial charge is 0.488 e. The van der Waals surface area contributed by atoms with E-state index in [0.717, 1.165) is 42.9 Å². The van der Waals surface area contributed by atoms with Crippen LogP contribution in [0.1, 0.15) is 23.1 Å². The van der Waals surface area contributed by atoms with E-state index in [4.69, 9.17) is 9.57 Å². The molecule has 1 heterocycles. The van der Waals surface area contributed by atoms with Crippen LogP contribution >= 0.6 is 0 Å². The van der Waals surface area contributed by atoms with Crippen molar-refractivity contribution in [1.82, 2.24) is 4.90 Å². The molecule has 3 aromatic rings. The number of hydrogen-bond donors (Lipinski definition) is 0. The molecule has 4 nitrogen and oxygen atoms in total. The van der Waals surface area contributed by atoms with Crippen molar-refractivity contribution in [1.29, 1.82) is 0 Å². The van der Waals surface area contributed by atoms with E-state index >= 15 is 0 Å². The first-order valence-electron chi connectivity index (χ1n) is 10.1. The summed E-state index contributed by atoms with van der Waals surface area (Å²) in [4.78, 5) is 8.17. The van der Waals surface area contributed by atoms with Gasteiger partial charge in [0.2, 0.25) is 0 Å². The third-order valence-corrected chi connectivity index (χ3v) is 5.04. The molecule has 0 aliphatic carbocycles. The van der Waals surface area contributed by atoms with Crippen molar-refractivity contribution >= 4 is 6.21 Å². The van der Waals surface area contributed by atoms with Gasteiger partial charge in [0.1, 0.15) is 18.5 Å². The van der Waals surface area contributed by atoms with Gasteiger partial charge in [0.25, 0.3) is 0 Å². The number of likely N-dealkylation sites (tertiary alicyclic amines) is 1. The minimum atomic E-state index is 0.132. The minimum absolute atomic E-state index is 0.132. The Kier molecular flexibility index (Phi) is 6.56. The number of rotatable bonds is 8. The van der Waals surface area contributed by atoms with Gasteiger partial charge in [0, 0.05) is 31.6 Å². The molecule has 1 unspecified atom stereocenters. The van der Waals surface area contributed by atoms with E-state index < -0.39 is 0 Å². The Hall–Kier alpha value is -3.11. The highest BCUT2D eigenvalue weighted by Gasteiger charge is 2.23. The summed E-state index contributed by atoms with van der Waals surface area (Å²) in [6, 6.07) is 28.6. The summed E-state index contributed by atoms with van der Waals surface area (Å²) in [6.45, 7) is 3.43. The van der Waals surface area contributed by atoms with Crippen LogP contribution in [0.4, 0.5) is 0 Å². The van der Waals surface area contributed by atoms with Gasteiger partial charge < -0.3 is 9.57 Å². The second kappa shape index (κ2) is 9.89. The summed E-state index contributed by atoms with van der Waals surface area (Å²) in [5, 5.41) is 4.25. The van der Waals surface area contributed by atoms with Gasteiger partial charge in [-0.1, -0.05) is 78.0 Å². The van der Waals surface area contributed by atoms with Gasteiger partial charge in [-0.05, 0) is 23.3 Å². The summed E-state index contributed by atoms with van der Waals surface area (Å²) in [5.74, 6) is 0.806. The third-order valence-electron chi connectivity index (χ3n) is 5.04. The Morgan fingerprint density at radius 2 is 1.55 bits per heavy atom. The quantitative estimate of drug-likeness (QED) is 0.408. The molecule has 1 atom stereocenters. The maximum atomic E-state index is 5.97. The zero-order chi connectivity index (χ0) is 19.7. The molecule has 0 aromatic heterocycles. The van der Waals surface area contributed by atoms with Crippen molar-refractivity contribution < 1.29 is 9.57 Å². The van der Waals surface area contributed by atoms with Crippen LogP contribution in [0, 0.1) is 0 Å². The lowest BCUT2D eigenvalue weighted by atomic mass is 10.2. The van der Waals surface area contributed by atoms with Gasteiger partial charge in [0.15, 0.2) is 0 Å². The lowest BCUT2D eigenvalue weighted by Gasteiger charge is -2.15. The van der Waals surface area contributed by atoms with Crippen LogP contribution in [0.3, 0.4) is 0 Å². The first kappa shape index (κ1) is 19.2. The van der Waals surface area contributed by atoms with E-state index in [9.17, 15) is 0 Å². The number of ether oxygens (including phenoxy) is 1. The summed E-state index contributed by atoms with van der Waals surface area (Å²) < 4.78 is 5.97. The van der Waals surface area contributed by atoms with E-state index in [2.05, 4.69) is 52.5 Å². The standard InChI is InChI=1S/C25H26N2O2/c1-3-9-21(10-4-1)18-27-16-15-24(19-27)29-26-17-23-13-7-8-14-25(23)28-20-22-11-5-2-6-12-22/h1-14,17,24H,15-16,18-20H2/b26-17+. The molecule has 1 fully saturated rings. The first-order chi connectivity index (χ1) is 14.4. The maximum Gasteiger partial charge on any atom is 0.141 e. The number of hydrogen-bond acceptors (Lipinski definition) is 4. The van der Waals surface area contributed by atoms with Crippen molar-refractivity contribution in [2.75, 3.05) is 13.1 Å². The Morgan fingerprint density at radius 3 is 2.34 bits per heavy atom. The lowest BCUT2D eigenvalue weighted by molar-refractivity contribution is 0.0656.